The number of benzene rings is 3. The van der Waals surface area contributed by atoms with E-state index >= 15 is 0 Å². The van der Waals surface area contributed by atoms with Crippen molar-refractivity contribution >= 4 is 11.6 Å². The van der Waals surface area contributed by atoms with Crippen LogP contribution in [0.15, 0.2) is 78.9 Å². The number of ether oxygens (including phenoxy) is 1. The fraction of sp³-hybridized carbons (Fsp3) is 0.0500. The maximum absolute atomic E-state index is 12.9. The van der Waals surface area contributed by atoms with Crippen molar-refractivity contribution in [2.24, 2.45) is 0 Å². The molecule has 0 unspecified atom stereocenters. The number of amides is 1. The van der Waals surface area contributed by atoms with Gasteiger partial charge in [0.2, 0.25) is 0 Å². The smallest absolute Gasteiger partial charge is 0.255 e. The second-order valence-electron chi connectivity index (χ2n) is 5.26. The van der Waals surface area contributed by atoms with Gasteiger partial charge in [0.1, 0.15) is 18.2 Å². The van der Waals surface area contributed by atoms with E-state index < -0.39 is 0 Å². The maximum atomic E-state index is 12.9. The molecule has 24 heavy (non-hydrogen) atoms. The number of anilines is 1. The van der Waals surface area contributed by atoms with E-state index in [0.717, 1.165) is 5.56 Å². The summed E-state index contributed by atoms with van der Waals surface area (Å²) < 4.78 is 18.5. The molecule has 0 atom stereocenters. The van der Waals surface area contributed by atoms with E-state index in [9.17, 15) is 9.18 Å². The molecule has 0 bridgehead atoms. The molecule has 1 amide bonds. The Labute approximate surface area is 139 Å². The van der Waals surface area contributed by atoms with Crippen LogP contribution < -0.4 is 10.1 Å². The molecule has 0 heterocycles. The zero-order valence-electron chi connectivity index (χ0n) is 12.9. The summed E-state index contributed by atoms with van der Waals surface area (Å²) in [5.41, 5.74) is 2.13. The van der Waals surface area contributed by atoms with Crippen LogP contribution in [0, 0.1) is 5.82 Å². The Morgan fingerprint density at radius 1 is 0.875 bits per heavy atom. The Morgan fingerprint density at radius 3 is 2.21 bits per heavy atom. The monoisotopic (exact) mass is 321 g/mol. The van der Waals surface area contributed by atoms with Gasteiger partial charge in [0, 0.05) is 11.3 Å². The molecule has 4 heteroatoms. The Bertz CT molecular complexity index is 799. The molecule has 120 valence electrons. The lowest BCUT2D eigenvalue weighted by Crippen LogP contribution is -2.11. The molecule has 0 fully saturated rings. The normalized spacial score (nSPS) is 10.2. The molecular formula is C20H16FNO2. The number of hydrogen-bond donors (Lipinski definition) is 1. The van der Waals surface area contributed by atoms with Crippen LogP contribution in [0.25, 0.3) is 0 Å². The minimum Gasteiger partial charge on any atom is -0.489 e. The highest BCUT2D eigenvalue weighted by Crippen LogP contribution is 2.16. The van der Waals surface area contributed by atoms with Crippen LogP contribution in [-0.4, -0.2) is 5.91 Å². The van der Waals surface area contributed by atoms with Crippen molar-refractivity contribution in [2.75, 3.05) is 5.32 Å². The molecule has 0 radical (unpaired) electrons. The molecular weight excluding hydrogens is 305 g/mol. The zero-order valence-corrected chi connectivity index (χ0v) is 12.9. The van der Waals surface area contributed by atoms with E-state index in [-0.39, 0.29) is 11.7 Å². The van der Waals surface area contributed by atoms with E-state index in [0.29, 0.717) is 23.6 Å². The lowest BCUT2D eigenvalue weighted by Gasteiger charge is -2.08. The van der Waals surface area contributed by atoms with E-state index in [1.165, 1.54) is 24.3 Å². The molecule has 0 saturated carbocycles. The molecule has 3 rings (SSSR count). The van der Waals surface area contributed by atoms with Gasteiger partial charge in [0.05, 0.1) is 0 Å². The second-order valence-corrected chi connectivity index (χ2v) is 5.26. The van der Waals surface area contributed by atoms with Crippen LogP contribution in [0.3, 0.4) is 0 Å². The van der Waals surface area contributed by atoms with E-state index in [2.05, 4.69) is 5.32 Å². The van der Waals surface area contributed by atoms with Crippen molar-refractivity contribution in [3.63, 3.8) is 0 Å². The summed E-state index contributed by atoms with van der Waals surface area (Å²) in [6.45, 7) is 0.474. The molecule has 3 aromatic rings. The number of rotatable bonds is 5. The summed E-state index contributed by atoms with van der Waals surface area (Å²) in [7, 11) is 0. The van der Waals surface area contributed by atoms with Gasteiger partial charge in [-0.15, -0.1) is 0 Å². The van der Waals surface area contributed by atoms with Gasteiger partial charge in [0.15, 0.2) is 0 Å². The van der Waals surface area contributed by atoms with Crippen molar-refractivity contribution in [2.45, 2.75) is 6.61 Å². The SMILES string of the molecule is O=C(Nc1ccc(F)cc1)c1ccc(OCc2ccccc2)cc1. The quantitative estimate of drug-likeness (QED) is 0.742. The average molecular weight is 321 g/mol. The van der Waals surface area contributed by atoms with Gasteiger partial charge in [0.25, 0.3) is 5.91 Å². The minimum absolute atomic E-state index is 0.254. The third kappa shape index (κ3) is 4.20. The fourth-order valence-corrected chi connectivity index (χ4v) is 2.18. The molecule has 1 N–H and O–H groups in total. The first-order valence-corrected chi connectivity index (χ1v) is 7.54. The summed E-state index contributed by atoms with van der Waals surface area (Å²) in [6, 6.07) is 22.4. The summed E-state index contributed by atoms with van der Waals surface area (Å²) in [4.78, 5) is 12.1. The van der Waals surface area contributed by atoms with E-state index in [1.54, 1.807) is 24.3 Å². The highest BCUT2D eigenvalue weighted by molar-refractivity contribution is 6.04. The molecule has 0 aliphatic rings. The average Bonchev–Trinajstić information content (AvgIpc) is 2.63. The number of carbonyl (C=O) groups excluding carboxylic acids is 1. The van der Waals surface area contributed by atoms with Crippen LogP contribution in [0.5, 0.6) is 5.75 Å². The lowest BCUT2D eigenvalue weighted by molar-refractivity contribution is 0.102. The summed E-state index contributed by atoms with van der Waals surface area (Å²) >= 11 is 0. The van der Waals surface area contributed by atoms with Gasteiger partial charge in [-0.1, -0.05) is 30.3 Å². The molecule has 3 nitrogen and oxygen atoms in total. The van der Waals surface area contributed by atoms with Gasteiger partial charge in [-0.25, -0.2) is 4.39 Å². The molecule has 0 aliphatic heterocycles. The second kappa shape index (κ2) is 7.42. The van der Waals surface area contributed by atoms with Gasteiger partial charge >= 0.3 is 0 Å². The largest absolute Gasteiger partial charge is 0.489 e. The topological polar surface area (TPSA) is 38.3 Å². The molecule has 0 aromatic heterocycles. The first-order chi connectivity index (χ1) is 11.7. The van der Waals surface area contributed by atoms with Gasteiger partial charge in [-0.05, 0) is 54.1 Å². The first-order valence-electron chi connectivity index (χ1n) is 7.54. The fourth-order valence-electron chi connectivity index (χ4n) is 2.18. The van der Waals surface area contributed by atoms with Crippen molar-refractivity contribution in [1.29, 1.82) is 0 Å². The summed E-state index contributed by atoms with van der Waals surface area (Å²) in [5, 5.41) is 2.72. The predicted octanol–water partition coefficient (Wildman–Crippen LogP) is 4.66. The predicted molar refractivity (Wildman–Crippen MR) is 91.6 cm³/mol. The summed E-state index contributed by atoms with van der Waals surface area (Å²) in [5.74, 6) is 0.0984. The highest BCUT2D eigenvalue weighted by atomic mass is 19.1. The van der Waals surface area contributed by atoms with Gasteiger partial charge in [-0.2, -0.15) is 0 Å². The number of hydrogen-bond acceptors (Lipinski definition) is 2. The van der Waals surface area contributed by atoms with Crippen molar-refractivity contribution in [3.8, 4) is 5.75 Å². The maximum Gasteiger partial charge on any atom is 0.255 e. The van der Waals surface area contributed by atoms with Crippen LogP contribution in [-0.2, 0) is 6.61 Å². The van der Waals surface area contributed by atoms with Crippen molar-refractivity contribution < 1.29 is 13.9 Å². The van der Waals surface area contributed by atoms with E-state index in [1.807, 2.05) is 30.3 Å². The van der Waals surface area contributed by atoms with Crippen LogP contribution in [0.4, 0.5) is 10.1 Å². The molecule has 0 spiro atoms. The third-order valence-corrected chi connectivity index (χ3v) is 3.47. The Balaban J connectivity index is 1.59. The number of nitrogens with one attached hydrogen (secondary N) is 1. The Kier molecular flexibility index (Phi) is 4.87. The van der Waals surface area contributed by atoms with Crippen LogP contribution in [0.1, 0.15) is 15.9 Å². The third-order valence-electron chi connectivity index (χ3n) is 3.47. The Morgan fingerprint density at radius 2 is 1.54 bits per heavy atom. The highest BCUT2D eigenvalue weighted by Gasteiger charge is 2.06. The Hall–Kier alpha value is -3.14. The molecule has 0 aliphatic carbocycles. The van der Waals surface area contributed by atoms with Gasteiger partial charge < -0.3 is 10.1 Å². The van der Waals surface area contributed by atoms with Crippen LogP contribution >= 0.6 is 0 Å². The minimum atomic E-state index is -0.340. The number of carbonyl (C=O) groups is 1. The molecule has 3 aromatic carbocycles. The van der Waals surface area contributed by atoms with Crippen molar-refractivity contribution in [3.05, 3.63) is 95.8 Å². The van der Waals surface area contributed by atoms with Crippen LogP contribution in [0.2, 0.25) is 0 Å². The zero-order chi connectivity index (χ0) is 16.8. The first kappa shape index (κ1) is 15.7. The number of halogens is 1. The standard InChI is InChI=1S/C20H16FNO2/c21-17-8-10-18(11-9-17)22-20(23)16-6-12-19(13-7-16)24-14-15-4-2-1-3-5-15/h1-13H,14H2,(H,22,23). The van der Waals surface area contributed by atoms with Crippen molar-refractivity contribution in [1.82, 2.24) is 0 Å². The lowest BCUT2D eigenvalue weighted by atomic mass is 10.2. The van der Waals surface area contributed by atoms with E-state index in [4.69, 9.17) is 4.74 Å². The molecule has 0 saturated heterocycles. The summed E-state index contributed by atoms with van der Waals surface area (Å²) in [6.07, 6.45) is 0. The van der Waals surface area contributed by atoms with Gasteiger partial charge in [-0.3, -0.25) is 4.79 Å².